The Hall–Kier alpha value is -2.07. The lowest BCUT2D eigenvalue weighted by Crippen LogP contribution is -2.38. The Balaban J connectivity index is 2.06. The van der Waals surface area contributed by atoms with Crippen LogP contribution >= 0.6 is 0 Å². The highest BCUT2D eigenvalue weighted by Gasteiger charge is 2.44. The standard InChI is InChI=1S/C19H23NO3/c1-12-14-10-9-13-7-5-6-8-15(13)17(14)20(16(12)11-21)18(22)23-19(2,3)4/h5-10,14,17,21H,11H2,1-4H3/t14-,17+/m1/s1. The lowest BCUT2D eigenvalue weighted by Gasteiger charge is -2.34. The number of carbonyl (C=O) groups is 1. The summed E-state index contributed by atoms with van der Waals surface area (Å²) in [6, 6.07) is 7.91. The van der Waals surface area contributed by atoms with Crippen LogP contribution in [0.25, 0.3) is 6.08 Å². The number of rotatable bonds is 1. The molecule has 23 heavy (non-hydrogen) atoms. The summed E-state index contributed by atoms with van der Waals surface area (Å²) in [5, 5.41) is 9.82. The van der Waals surface area contributed by atoms with Gasteiger partial charge in [-0.05, 0) is 44.4 Å². The lowest BCUT2D eigenvalue weighted by molar-refractivity contribution is 0.0224. The third kappa shape index (κ3) is 2.68. The number of aliphatic hydroxyl groups is 1. The lowest BCUT2D eigenvalue weighted by atomic mass is 9.83. The zero-order chi connectivity index (χ0) is 16.8. The Bertz CT molecular complexity index is 697. The molecule has 0 saturated carbocycles. The minimum Gasteiger partial charge on any atom is -0.443 e. The van der Waals surface area contributed by atoms with E-state index in [-0.39, 0.29) is 18.6 Å². The predicted octanol–water partition coefficient (Wildman–Crippen LogP) is 3.89. The van der Waals surface area contributed by atoms with Gasteiger partial charge in [0.15, 0.2) is 0 Å². The van der Waals surface area contributed by atoms with Crippen LogP contribution < -0.4 is 0 Å². The van der Waals surface area contributed by atoms with Crippen LogP contribution in [0.3, 0.4) is 0 Å². The number of benzene rings is 1. The van der Waals surface area contributed by atoms with E-state index in [4.69, 9.17) is 4.74 Å². The second-order valence-electron chi connectivity index (χ2n) is 7.10. The average Bonchev–Trinajstić information content (AvgIpc) is 2.78. The summed E-state index contributed by atoms with van der Waals surface area (Å²) in [5.74, 6) is 0.0829. The second-order valence-corrected chi connectivity index (χ2v) is 7.10. The Morgan fingerprint density at radius 1 is 1.30 bits per heavy atom. The number of aliphatic hydroxyl groups excluding tert-OH is 1. The van der Waals surface area contributed by atoms with Crippen LogP contribution in [0, 0.1) is 5.92 Å². The van der Waals surface area contributed by atoms with Crippen molar-refractivity contribution in [1.82, 2.24) is 4.90 Å². The van der Waals surface area contributed by atoms with Gasteiger partial charge < -0.3 is 9.84 Å². The third-order valence-corrected chi connectivity index (χ3v) is 4.40. The van der Waals surface area contributed by atoms with Crippen molar-refractivity contribution in [3.05, 3.63) is 52.7 Å². The summed E-state index contributed by atoms with van der Waals surface area (Å²) in [4.78, 5) is 14.4. The van der Waals surface area contributed by atoms with Crippen molar-refractivity contribution in [1.29, 1.82) is 0 Å². The molecule has 1 aliphatic carbocycles. The van der Waals surface area contributed by atoms with Gasteiger partial charge in [0.25, 0.3) is 0 Å². The first-order chi connectivity index (χ1) is 10.8. The van der Waals surface area contributed by atoms with Crippen LogP contribution in [0.4, 0.5) is 4.79 Å². The molecule has 2 aliphatic rings. The smallest absolute Gasteiger partial charge is 0.415 e. The molecule has 0 unspecified atom stereocenters. The van der Waals surface area contributed by atoms with E-state index in [0.29, 0.717) is 5.70 Å². The monoisotopic (exact) mass is 313 g/mol. The van der Waals surface area contributed by atoms with Gasteiger partial charge in [0.05, 0.1) is 12.6 Å². The number of ether oxygens (including phenoxy) is 1. The fraction of sp³-hybridized carbons (Fsp3) is 0.421. The van der Waals surface area contributed by atoms with Gasteiger partial charge in [0.1, 0.15) is 5.60 Å². The highest BCUT2D eigenvalue weighted by Crippen LogP contribution is 2.48. The molecule has 0 fully saturated rings. The molecular formula is C19H23NO3. The van der Waals surface area contributed by atoms with Gasteiger partial charge in [-0.25, -0.2) is 4.79 Å². The molecule has 4 nitrogen and oxygen atoms in total. The van der Waals surface area contributed by atoms with Crippen molar-refractivity contribution >= 4 is 12.2 Å². The second kappa shape index (κ2) is 5.53. The van der Waals surface area contributed by atoms with Crippen molar-refractivity contribution in [3.63, 3.8) is 0 Å². The zero-order valence-electron chi connectivity index (χ0n) is 14.0. The normalized spacial score (nSPS) is 22.9. The van der Waals surface area contributed by atoms with Crippen molar-refractivity contribution < 1.29 is 14.6 Å². The molecule has 1 amide bonds. The van der Waals surface area contributed by atoms with E-state index in [2.05, 4.69) is 12.2 Å². The molecule has 1 heterocycles. The van der Waals surface area contributed by atoms with Crippen LogP contribution in [0.2, 0.25) is 0 Å². The van der Waals surface area contributed by atoms with Crippen molar-refractivity contribution in [2.45, 2.75) is 39.3 Å². The molecule has 1 aromatic carbocycles. The van der Waals surface area contributed by atoms with Crippen molar-refractivity contribution in [2.75, 3.05) is 6.61 Å². The Morgan fingerprint density at radius 3 is 2.65 bits per heavy atom. The zero-order valence-corrected chi connectivity index (χ0v) is 14.0. The number of carbonyl (C=O) groups excluding carboxylic acids is 1. The summed E-state index contributed by atoms with van der Waals surface area (Å²) in [6.07, 6.45) is 3.80. The van der Waals surface area contributed by atoms with Crippen LogP contribution in [0.5, 0.6) is 0 Å². The molecule has 122 valence electrons. The summed E-state index contributed by atoms with van der Waals surface area (Å²) in [5.41, 5.74) is 3.29. The highest BCUT2D eigenvalue weighted by atomic mass is 16.6. The fourth-order valence-corrected chi connectivity index (χ4v) is 3.40. The van der Waals surface area contributed by atoms with Crippen molar-refractivity contribution in [2.24, 2.45) is 5.92 Å². The largest absolute Gasteiger partial charge is 0.443 e. The van der Waals surface area contributed by atoms with Gasteiger partial charge >= 0.3 is 6.09 Å². The minimum atomic E-state index is -0.576. The van der Waals surface area contributed by atoms with Gasteiger partial charge in [-0.2, -0.15) is 0 Å². The van der Waals surface area contributed by atoms with Gasteiger partial charge in [-0.15, -0.1) is 0 Å². The van der Waals surface area contributed by atoms with Gasteiger partial charge in [-0.1, -0.05) is 36.4 Å². The highest BCUT2D eigenvalue weighted by molar-refractivity contribution is 5.75. The molecule has 0 radical (unpaired) electrons. The molecule has 4 heteroatoms. The molecule has 1 aliphatic heterocycles. The van der Waals surface area contributed by atoms with Crippen molar-refractivity contribution in [3.8, 4) is 0 Å². The molecule has 0 saturated heterocycles. The maximum Gasteiger partial charge on any atom is 0.415 e. The first-order valence-electron chi connectivity index (χ1n) is 7.93. The number of hydrogen-bond acceptors (Lipinski definition) is 3. The first-order valence-corrected chi connectivity index (χ1v) is 7.93. The summed E-state index contributed by atoms with van der Waals surface area (Å²) >= 11 is 0. The van der Waals surface area contributed by atoms with Gasteiger partial charge in [0, 0.05) is 11.6 Å². The van der Waals surface area contributed by atoms with E-state index < -0.39 is 11.7 Å². The van der Waals surface area contributed by atoms with Gasteiger partial charge in [-0.3, -0.25) is 4.90 Å². The summed E-state index contributed by atoms with van der Waals surface area (Å²) in [7, 11) is 0. The predicted molar refractivity (Wildman–Crippen MR) is 89.6 cm³/mol. The molecule has 0 aromatic heterocycles. The van der Waals surface area contributed by atoms with E-state index in [9.17, 15) is 9.90 Å². The Labute approximate surface area is 137 Å². The van der Waals surface area contributed by atoms with Crippen LogP contribution in [-0.4, -0.2) is 28.3 Å². The van der Waals surface area contributed by atoms with Gasteiger partial charge in [0.2, 0.25) is 0 Å². The van der Waals surface area contributed by atoms with Crippen LogP contribution in [0.1, 0.15) is 44.9 Å². The van der Waals surface area contributed by atoms with E-state index in [0.717, 1.165) is 16.7 Å². The molecule has 1 N–H and O–H groups in total. The first kappa shape index (κ1) is 15.8. The van der Waals surface area contributed by atoms with E-state index in [1.807, 2.05) is 52.0 Å². The summed E-state index contributed by atoms with van der Waals surface area (Å²) < 4.78 is 5.58. The molecule has 3 rings (SSSR count). The minimum absolute atomic E-state index is 0.0829. The maximum absolute atomic E-state index is 12.8. The number of amides is 1. The Morgan fingerprint density at radius 2 is 2.00 bits per heavy atom. The topological polar surface area (TPSA) is 49.8 Å². The average molecular weight is 313 g/mol. The fourth-order valence-electron chi connectivity index (χ4n) is 3.40. The molecule has 0 spiro atoms. The van der Waals surface area contributed by atoms with E-state index in [1.165, 1.54) is 0 Å². The third-order valence-electron chi connectivity index (χ3n) is 4.40. The van der Waals surface area contributed by atoms with E-state index >= 15 is 0 Å². The molecule has 1 aromatic rings. The quantitative estimate of drug-likeness (QED) is 0.856. The maximum atomic E-state index is 12.8. The number of nitrogens with zero attached hydrogens (tertiary/aromatic N) is 1. The SMILES string of the molecule is CC1=C(CO)N(C(=O)OC(C)(C)C)[C@@H]2c3ccccc3C=C[C@H]12. The molecule has 2 atom stereocenters. The number of fused-ring (bicyclic) bond motifs is 3. The van der Waals surface area contributed by atoms with Crippen LogP contribution in [0.15, 0.2) is 41.6 Å². The Kier molecular flexibility index (Phi) is 3.80. The molecular weight excluding hydrogens is 290 g/mol. The summed E-state index contributed by atoms with van der Waals surface area (Å²) in [6.45, 7) is 7.35. The van der Waals surface area contributed by atoms with E-state index in [1.54, 1.807) is 4.90 Å². The number of hydrogen-bond donors (Lipinski definition) is 1. The molecule has 0 bridgehead atoms. The van der Waals surface area contributed by atoms with Crippen LogP contribution in [-0.2, 0) is 4.74 Å².